The molecule has 0 radical (unpaired) electrons. The van der Waals surface area contributed by atoms with Crippen LogP contribution in [-0.2, 0) is 12.8 Å². The first-order valence-corrected chi connectivity index (χ1v) is 5.58. The molecule has 2 rings (SSSR count). The fourth-order valence-electron chi connectivity index (χ4n) is 1.72. The van der Waals surface area contributed by atoms with E-state index in [0.29, 0.717) is 0 Å². The van der Waals surface area contributed by atoms with Crippen LogP contribution in [0.2, 0.25) is 0 Å². The maximum atomic E-state index is 7.32. The minimum absolute atomic E-state index is 1.07. The number of hydrogen-bond acceptors (Lipinski definition) is 2. The molecule has 84 valence electrons. The maximum absolute atomic E-state index is 7.32. The van der Waals surface area contributed by atoms with Gasteiger partial charge in [-0.05, 0) is 36.5 Å². The Morgan fingerprint density at radius 2 is 2.12 bits per heavy atom. The van der Waals surface area contributed by atoms with E-state index in [9.17, 15) is 0 Å². The molecule has 1 heterocycles. The average molecular weight is 214 g/mol. The Bertz CT molecular complexity index is 413. The standard InChI is InChI=1S/C12H15N.C2H3N/c1-3-10-5-7-11-6-4-9(2)13-12(11)8-10;1-2-3/h5,7-8,13H,2-4,6H2,1H3;1H3. The highest BCUT2D eigenvalue weighted by Crippen LogP contribution is 2.26. The zero-order valence-corrected chi connectivity index (χ0v) is 10.0. The molecule has 0 spiro atoms. The van der Waals surface area contributed by atoms with Crippen molar-refractivity contribution in [2.45, 2.75) is 33.1 Å². The predicted octanol–water partition coefficient (Wildman–Crippen LogP) is 3.65. The summed E-state index contributed by atoms with van der Waals surface area (Å²) in [4.78, 5) is 0. The molecule has 0 aliphatic carbocycles. The van der Waals surface area contributed by atoms with Gasteiger partial charge in [-0.15, -0.1) is 0 Å². The molecule has 0 amide bonds. The van der Waals surface area contributed by atoms with Crippen molar-refractivity contribution < 1.29 is 0 Å². The summed E-state index contributed by atoms with van der Waals surface area (Å²) in [6.07, 6.45) is 3.30. The number of hydrogen-bond donors (Lipinski definition) is 1. The van der Waals surface area contributed by atoms with E-state index in [1.54, 1.807) is 6.07 Å². The van der Waals surface area contributed by atoms with Crippen LogP contribution in [0.1, 0.15) is 31.4 Å². The van der Waals surface area contributed by atoms with Gasteiger partial charge in [0.2, 0.25) is 0 Å². The topological polar surface area (TPSA) is 35.8 Å². The van der Waals surface area contributed by atoms with Crippen LogP contribution < -0.4 is 5.32 Å². The highest BCUT2D eigenvalue weighted by molar-refractivity contribution is 5.58. The molecule has 16 heavy (non-hydrogen) atoms. The second kappa shape index (κ2) is 5.97. The van der Waals surface area contributed by atoms with Gasteiger partial charge in [-0.2, -0.15) is 5.26 Å². The van der Waals surface area contributed by atoms with E-state index in [-0.39, 0.29) is 0 Å². The molecule has 1 aromatic carbocycles. The van der Waals surface area contributed by atoms with Crippen LogP contribution in [0.25, 0.3) is 0 Å². The fourth-order valence-corrected chi connectivity index (χ4v) is 1.72. The van der Waals surface area contributed by atoms with Gasteiger partial charge in [0.15, 0.2) is 0 Å². The third-order valence-electron chi connectivity index (χ3n) is 2.59. The lowest BCUT2D eigenvalue weighted by Crippen LogP contribution is -2.09. The molecule has 0 saturated heterocycles. The minimum Gasteiger partial charge on any atom is -0.359 e. The van der Waals surface area contributed by atoms with Gasteiger partial charge in [0.1, 0.15) is 0 Å². The number of benzene rings is 1. The lowest BCUT2D eigenvalue weighted by Gasteiger charge is -2.20. The quantitative estimate of drug-likeness (QED) is 0.774. The van der Waals surface area contributed by atoms with Crippen molar-refractivity contribution in [3.63, 3.8) is 0 Å². The van der Waals surface area contributed by atoms with Gasteiger partial charge in [-0.25, -0.2) is 0 Å². The van der Waals surface area contributed by atoms with Gasteiger partial charge in [0, 0.05) is 18.3 Å². The summed E-state index contributed by atoms with van der Waals surface area (Å²) >= 11 is 0. The van der Waals surface area contributed by atoms with Crippen LogP contribution in [-0.4, -0.2) is 0 Å². The third kappa shape index (κ3) is 3.13. The Morgan fingerprint density at radius 3 is 2.75 bits per heavy atom. The molecule has 1 aliphatic rings. The van der Waals surface area contributed by atoms with Gasteiger partial charge in [0.05, 0.1) is 6.07 Å². The Hall–Kier alpha value is -1.75. The molecular formula is C14H18N2. The molecule has 1 aliphatic heterocycles. The van der Waals surface area contributed by atoms with Crippen LogP contribution in [0, 0.1) is 11.3 Å². The second-order valence-corrected chi connectivity index (χ2v) is 3.80. The average Bonchev–Trinajstić information content (AvgIpc) is 2.29. The van der Waals surface area contributed by atoms with Crippen molar-refractivity contribution in [1.82, 2.24) is 0 Å². The van der Waals surface area contributed by atoms with E-state index in [4.69, 9.17) is 5.26 Å². The van der Waals surface area contributed by atoms with E-state index in [1.807, 2.05) is 0 Å². The third-order valence-corrected chi connectivity index (χ3v) is 2.59. The lowest BCUT2D eigenvalue weighted by molar-refractivity contribution is 0.915. The molecule has 0 fully saturated rings. The molecular weight excluding hydrogens is 196 g/mol. The zero-order chi connectivity index (χ0) is 12.0. The number of allylic oxidation sites excluding steroid dienone is 1. The molecule has 0 aromatic heterocycles. The first kappa shape index (κ1) is 12.3. The normalized spacial score (nSPS) is 12.7. The number of anilines is 1. The van der Waals surface area contributed by atoms with Crippen molar-refractivity contribution in [3.8, 4) is 6.07 Å². The van der Waals surface area contributed by atoms with E-state index in [1.165, 1.54) is 23.7 Å². The van der Waals surface area contributed by atoms with Crippen LogP contribution >= 0.6 is 0 Å². The molecule has 2 nitrogen and oxygen atoms in total. The fraction of sp³-hybridized carbons (Fsp3) is 0.357. The highest BCUT2D eigenvalue weighted by atomic mass is 14.9. The predicted molar refractivity (Wildman–Crippen MR) is 68.2 cm³/mol. The highest BCUT2D eigenvalue weighted by Gasteiger charge is 2.10. The van der Waals surface area contributed by atoms with Crippen molar-refractivity contribution in [2.24, 2.45) is 0 Å². The number of nitrogens with zero attached hydrogens (tertiary/aromatic N) is 1. The first-order valence-electron chi connectivity index (χ1n) is 5.58. The van der Waals surface area contributed by atoms with Crippen molar-refractivity contribution in [2.75, 3.05) is 5.32 Å². The largest absolute Gasteiger partial charge is 0.359 e. The maximum Gasteiger partial charge on any atom is 0.0587 e. The van der Waals surface area contributed by atoms with Crippen LogP contribution in [0.3, 0.4) is 0 Å². The molecule has 1 N–H and O–H groups in total. The SMILES string of the molecule is C=C1CCc2ccc(CC)cc2N1.CC#N. The van der Waals surface area contributed by atoms with Gasteiger partial charge in [-0.3, -0.25) is 0 Å². The Labute approximate surface area is 97.6 Å². The summed E-state index contributed by atoms with van der Waals surface area (Å²) < 4.78 is 0. The van der Waals surface area contributed by atoms with Crippen molar-refractivity contribution in [3.05, 3.63) is 41.6 Å². The van der Waals surface area contributed by atoms with Crippen LogP contribution in [0.5, 0.6) is 0 Å². The first-order chi connectivity index (χ1) is 7.71. The van der Waals surface area contributed by atoms with Crippen LogP contribution in [0.15, 0.2) is 30.5 Å². The van der Waals surface area contributed by atoms with Gasteiger partial charge >= 0.3 is 0 Å². The Kier molecular flexibility index (Phi) is 4.60. The molecule has 0 unspecified atom stereocenters. The van der Waals surface area contributed by atoms with Crippen LogP contribution in [0.4, 0.5) is 5.69 Å². The number of nitrogens with one attached hydrogen (secondary N) is 1. The minimum atomic E-state index is 1.07. The van der Waals surface area contributed by atoms with Gasteiger partial charge in [0.25, 0.3) is 0 Å². The van der Waals surface area contributed by atoms with Crippen molar-refractivity contribution >= 4 is 5.69 Å². The Morgan fingerprint density at radius 1 is 1.44 bits per heavy atom. The summed E-state index contributed by atoms with van der Waals surface area (Å²) in [6, 6.07) is 8.43. The monoisotopic (exact) mass is 214 g/mol. The number of rotatable bonds is 1. The summed E-state index contributed by atoms with van der Waals surface area (Å²) in [5, 5.41) is 10.7. The van der Waals surface area contributed by atoms with Crippen molar-refractivity contribution in [1.29, 1.82) is 5.26 Å². The van der Waals surface area contributed by atoms with E-state index in [0.717, 1.165) is 25.0 Å². The number of fused-ring (bicyclic) bond motifs is 1. The molecule has 2 heteroatoms. The zero-order valence-electron chi connectivity index (χ0n) is 10.0. The lowest BCUT2D eigenvalue weighted by atomic mass is 9.99. The Balaban J connectivity index is 0.000000386. The smallest absolute Gasteiger partial charge is 0.0587 e. The molecule has 0 atom stereocenters. The number of aryl methyl sites for hydroxylation is 2. The molecule has 0 saturated carbocycles. The summed E-state index contributed by atoms with van der Waals surface area (Å²) in [5.41, 5.74) is 5.21. The summed E-state index contributed by atoms with van der Waals surface area (Å²) in [5.74, 6) is 0. The van der Waals surface area contributed by atoms with E-state index < -0.39 is 0 Å². The molecule has 1 aromatic rings. The second-order valence-electron chi connectivity index (χ2n) is 3.80. The molecule has 0 bridgehead atoms. The van der Waals surface area contributed by atoms with Gasteiger partial charge in [-0.1, -0.05) is 25.6 Å². The van der Waals surface area contributed by atoms with Gasteiger partial charge < -0.3 is 5.32 Å². The van der Waals surface area contributed by atoms with E-state index in [2.05, 4.69) is 37.0 Å². The number of nitriles is 1. The van der Waals surface area contributed by atoms with E-state index >= 15 is 0 Å². The summed E-state index contributed by atoms with van der Waals surface area (Å²) in [7, 11) is 0. The summed E-state index contributed by atoms with van der Waals surface area (Å²) in [6.45, 7) is 7.57.